The molecule has 0 aromatic carbocycles. The van der Waals surface area contributed by atoms with Crippen molar-refractivity contribution in [1.82, 2.24) is 15.5 Å². The van der Waals surface area contributed by atoms with E-state index >= 15 is 0 Å². The van der Waals surface area contributed by atoms with Gasteiger partial charge in [-0.3, -0.25) is 25.2 Å². The summed E-state index contributed by atoms with van der Waals surface area (Å²) in [6.07, 6.45) is 3.13. The number of nitrogens with one attached hydrogen (secondary N) is 3. The van der Waals surface area contributed by atoms with Crippen LogP contribution in [-0.4, -0.2) is 61.1 Å². The predicted octanol–water partition coefficient (Wildman–Crippen LogP) is -3.75. The summed E-state index contributed by atoms with van der Waals surface area (Å²) >= 11 is 0. The average molecular weight is 308 g/mol. The molecular formula is C13H18N5O4+. The van der Waals surface area contributed by atoms with Gasteiger partial charge in [0.15, 0.2) is 0 Å². The van der Waals surface area contributed by atoms with Gasteiger partial charge in [-0.05, 0) is 0 Å². The monoisotopic (exact) mass is 308 g/mol. The standard InChI is InChI=1S/C13H17N5O4/c1-15-13(21)17-12(14)16-4-5-18-10(19)8-6-2-3-7(22-6)9(8)11(18)20/h2-3,6-9H,4-5H2,1H3,(H4,14,15,16,17,21)/p+1. The van der Waals surface area contributed by atoms with Gasteiger partial charge in [-0.15, -0.1) is 0 Å². The van der Waals surface area contributed by atoms with E-state index in [0.29, 0.717) is 0 Å². The number of imide groups is 1. The maximum atomic E-state index is 12.3. The van der Waals surface area contributed by atoms with Crippen LogP contribution in [0, 0.1) is 11.8 Å². The number of nitrogens with two attached hydrogens (primary N) is 1. The average Bonchev–Trinajstić information content (AvgIpc) is 3.16. The summed E-state index contributed by atoms with van der Waals surface area (Å²) in [6.45, 7) is 0.455. The maximum Gasteiger partial charge on any atom is 0.379 e. The van der Waals surface area contributed by atoms with Crippen LogP contribution in [0.25, 0.3) is 0 Å². The van der Waals surface area contributed by atoms with Crippen molar-refractivity contribution in [3.05, 3.63) is 12.2 Å². The SMILES string of the molecule is CNC(=O)NC(N)=[NH+]CCN1C(=O)C2C3C=CC(O3)C2C1=O. The van der Waals surface area contributed by atoms with E-state index in [9.17, 15) is 14.4 Å². The van der Waals surface area contributed by atoms with E-state index in [-0.39, 0.29) is 43.1 Å². The molecule has 9 heteroatoms. The molecule has 3 heterocycles. The molecule has 0 saturated carbocycles. The summed E-state index contributed by atoms with van der Waals surface area (Å²) in [4.78, 5) is 39.7. The Balaban J connectivity index is 1.58. The van der Waals surface area contributed by atoms with Gasteiger partial charge in [0.25, 0.3) is 0 Å². The number of nitrogens with zero attached hydrogens (tertiary/aromatic N) is 1. The number of fused-ring (bicyclic) bond motifs is 5. The molecule has 4 amide bonds. The lowest BCUT2D eigenvalue weighted by molar-refractivity contribution is -0.459. The van der Waals surface area contributed by atoms with Crippen LogP contribution in [0.2, 0.25) is 0 Å². The highest BCUT2D eigenvalue weighted by molar-refractivity contribution is 6.06. The molecule has 5 N–H and O–H groups in total. The lowest BCUT2D eigenvalue weighted by Crippen LogP contribution is -2.81. The largest absolute Gasteiger partial charge is 0.379 e. The Labute approximate surface area is 126 Å². The number of hydrogen-bond donors (Lipinski definition) is 4. The zero-order valence-electron chi connectivity index (χ0n) is 12.0. The molecule has 0 spiro atoms. The highest BCUT2D eigenvalue weighted by Gasteiger charge is 2.60. The molecule has 22 heavy (non-hydrogen) atoms. The Bertz CT molecular complexity index is 557. The van der Waals surface area contributed by atoms with E-state index in [4.69, 9.17) is 10.5 Å². The van der Waals surface area contributed by atoms with E-state index < -0.39 is 17.9 Å². The van der Waals surface area contributed by atoms with Crippen molar-refractivity contribution in [2.24, 2.45) is 17.6 Å². The lowest BCUT2D eigenvalue weighted by Gasteiger charge is -2.15. The Hall–Kier alpha value is -2.42. The van der Waals surface area contributed by atoms with Crippen molar-refractivity contribution in [3.8, 4) is 0 Å². The summed E-state index contributed by atoms with van der Waals surface area (Å²) in [5, 5.41) is 4.71. The van der Waals surface area contributed by atoms with Gasteiger partial charge in [0, 0.05) is 7.05 Å². The van der Waals surface area contributed by atoms with Crippen molar-refractivity contribution >= 4 is 23.8 Å². The zero-order valence-corrected chi connectivity index (χ0v) is 12.0. The number of rotatable bonds is 3. The number of guanidine groups is 1. The van der Waals surface area contributed by atoms with Crippen molar-refractivity contribution in [1.29, 1.82) is 0 Å². The molecule has 0 aliphatic carbocycles. The van der Waals surface area contributed by atoms with E-state index in [1.165, 1.54) is 11.9 Å². The van der Waals surface area contributed by atoms with Crippen molar-refractivity contribution < 1.29 is 24.1 Å². The molecule has 4 atom stereocenters. The van der Waals surface area contributed by atoms with E-state index in [0.717, 1.165) is 0 Å². The predicted molar refractivity (Wildman–Crippen MR) is 74.1 cm³/mol. The van der Waals surface area contributed by atoms with Crippen LogP contribution in [0.5, 0.6) is 0 Å². The fourth-order valence-electron chi connectivity index (χ4n) is 3.12. The minimum atomic E-state index is -0.451. The third-order valence-corrected chi connectivity index (χ3v) is 4.13. The minimum absolute atomic E-state index is 0.0590. The first-order chi connectivity index (χ1) is 10.5. The molecule has 3 aliphatic heterocycles. The first kappa shape index (κ1) is 14.5. The lowest BCUT2D eigenvalue weighted by atomic mass is 9.85. The van der Waals surface area contributed by atoms with Gasteiger partial charge in [0.2, 0.25) is 11.8 Å². The van der Waals surface area contributed by atoms with Crippen molar-refractivity contribution in [2.45, 2.75) is 12.2 Å². The minimum Gasteiger partial charge on any atom is -0.365 e. The summed E-state index contributed by atoms with van der Waals surface area (Å²) in [7, 11) is 1.47. The summed E-state index contributed by atoms with van der Waals surface area (Å²) < 4.78 is 5.55. The van der Waals surface area contributed by atoms with Crippen LogP contribution >= 0.6 is 0 Å². The number of amides is 4. The molecule has 2 saturated heterocycles. The fraction of sp³-hybridized carbons (Fsp3) is 0.538. The third-order valence-electron chi connectivity index (χ3n) is 4.13. The Kier molecular flexibility index (Phi) is 3.57. The summed E-state index contributed by atoms with van der Waals surface area (Å²) in [5.41, 5.74) is 5.57. The molecular weight excluding hydrogens is 290 g/mol. The third kappa shape index (κ3) is 2.23. The molecule has 4 unspecified atom stereocenters. The number of likely N-dealkylation sites (tertiary alicyclic amines) is 1. The molecule has 3 aliphatic rings. The number of hydrogen-bond acceptors (Lipinski definition) is 4. The molecule has 118 valence electrons. The number of carbonyl (C=O) groups is 3. The Morgan fingerprint density at radius 2 is 1.91 bits per heavy atom. The summed E-state index contributed by atoms with van der Waals surface area (Å²) in [6, 6.07) is -0.451. The van der Waals surface area contributed by atoms with Crippen LogP contribution in [-0.2, 0) is 14.3 Å². The van der Waals surface area contributed by atoms with E-state index in [1.54, 1.807) is 0 Å². The molecule has 3 rings (SSSR count). The fourth-order valence-corrected chi connectivity index (χ4v) is 3.12. The summed E-state index contributed by atoms with van der Waals surface area (Å²) in [5.74, 6) is -1.14. The van der Waals surface area contributed by atoms with Crippen LogP contribution in [0.3, 0.4) is 0 Å². The van der Waals surface area contributed by atoms with Crippen LogP contribution < -0.4 is 21.4 Å². The number of ether oxygens (including phenoxy) is 1. The number of carbonyl (C=O) groups excluding carboxylic acids is 3. The molecule has 9 nitrogen and oxygen atoms in total. The second-order valence-corrected chi connectivity index (χ2v) is 5.37. The smallest absolute Gasteiger partial charge is 0.365 e. The van der Waals surface area contributed by atoms with Gasteiger partial charge in [-0.2, -0.15) is 5.32 Å². The second kappa shape index (κ2) is 5.41. The zero-order chi connectivity index (χ0) is 15.9. The van der Waals surface area contributed by atoms with Crippen LogP contribution in [0.15, 0.2) is 12.2 Å². The van der Waals surface area contributed by atoms with Crippen molar-refractivity contribution in [3.63, 3.8) is 0 Å². The first-order valence-corrected chi connectivity index (χ1v) is 7.07. The van der Waals surface area contributed by atoms with Gasteiger partial charge in [-0.25, -0.2) is 4.79 Å². The Morgan fingerprint density at radius 1 is 1.32 bits per heavy atom. The van der Waals surface area contributed by atoms with Gasteiger partial charge in [0.1, 0.15) is 0 Å². The maximum absolute atomic E-state index is 12.3. The van der Waals surface area contributed by atoms with Gasteiger partial charge < -0.3 is 10.1 Å². The van der Waals surface area contributed by atoms with Gasteiger partial charge in [-0.1, -0.05) is 12.2 Å². The van der Waals surface area contributed by atoms with E-state index in [2.05, 4.69) is 15.6 Å². The van der Waals surface area contributed by atoms with E-state index in [1.807, 2.05) is 12.2 Å². The Morgan fingerprint density at radius 3 is 2.45 bits per heavy atom. The normalized spacial score (nSPS) is 32.6. The molecule has 2 bridgehead atoms. The molecule has 2 fully saturated rings. The quantitative estimate of drug-likeness (QED) is 0.184. The molecule has 0 radical (unpaired) electrons. The molecule has 0 aromatic heterocycles. The van der Waals surface area contributed by atoms with Gasteiger partial charge >= 0.3 is 12.0 Å². The van der Waals surface area contributed by atoms with Gasteiger partial charge in [0.05, 0.1) is 37.1 Å². The molecule has 0 aromatic rings. The van der Waals surface area contributed by atoms with Crippen LogP contribution in [0.4, 0.5) is 4.79 Å². The van der Waals surface area contributed by atoms with Crippen LogP contribution in [0.1, 0.15) is 0 Å². The first-order valence-electron chi connectivity index (χ1n) is 7.07. The van der Waals surface area contributed by atoms with Crippen molar-refractivity contribution in [2.75, 3.05) is 20.1 Å². The number of urea groups is 1. The highest BCUT2D eigenvalue weighted by Crippen LogP contribution is 2.44. The topological polar surface area (TPSA) is 128 Å². The highest BCUT2D eigenvalue weighted by atomic mass is 16.5. The second-order valence-electron chi connectivity index (χ2n) is 5.37.